The summed E-state index contributed by atoms with van der Waals surface area (Å²) in [6, 6.07) is 0.350. The number of hydrogen-bond acceptors (Lipinski definition) is 2. The van der Waals surface area contributed by atoms with Crippen molar-refractivity contribution in [2.75, 3.05) is 13.1 Å². The lowest BCUT2D eigenvalue weighted by atomic mass is 9.91. The summed E-state index contributed by atoms with van der Waals surface area (Å²) in [5, 5.41) is 6.58. The van der Waals surface area contributed by atoms with Gasteiger partial charge in [0.1, 0.15) is 0 Å². The molecule has 2 fully saturated rings. The van der Waals surface area contributed by atoms with Crippen LogP contribution in [0.5, 0.6) is 0 Å². The Morgan fingerprint density at radius 2 is 1.83 bits per heavy atom. The predicted octanol–water partition coefficient (Wildman–Crippen LogP) is 2.32. The van der Waals surface area contributed by atoms with Crippen molar-refractivity contribution in [1.29, 1.82) is 0 Å². The Morgan fingerprint density at radius 3 is 2.39 bits per heavy atom. The molecule has 0 unspecified atom stereocenters. The highest BCUT2D eigenvalue weighted by molar-refractivity contribution is 5.79. The van der Waals surface area contributed by atoms with Crippen molar-refractivity contribution in [2.24, 2.45) is 17.8 Å². The molecule has 0 aromatic rings. The van der Waals surface area contributed by atoms with Gasteiger partial charge in [-0.1, -0.05) is 32.6 Å². The average Bonchev–Trinajstić information content (AvgIpc) is 2.63. The summed E-state index contributed by atoms with van der Waals surface area (Å²) < 4.78 is 0. The third-order valence-corrected chi connectivity index (χ3v) is 4.83. The molecular weight excluding hydrogens is 224 g/mol. The molecule has 0 bridgehead atoms. The smallest absolute Gasteiger partial charge is 0.224 e. The van der Waals surface area contributed by atoms with Crippen molar-refractivity contribution < 1.29 is 4.79 Å². The van der Waals surface area contributed by atoms with E-state index in [1.165, 1.54) is 38.5 Å². The maximum atomic E-state index is 12.2. The maximum absolute atomic E-state index is 12.2. The molecule has 0 radical (unpaired) electrons. The minimum absolute atomic E-state index is 0.179. The third kappa shape index (κ3) is 3.47. The molecule has 2 aliphatic rings. The van der Waals surface area contributed by atoms with Crippen LogP contribution in [-0.4, -0.2) is 25.0 Å². The van der Waals surface area contributed by atoms with E-state index in [0.29, 0.717) is 17.9 Å². The standard InChI is InChI=1S/C15H28N2O/c1-11-9-16-10-14(11)15(18)17-12(2)13-7-5-3-4-6-8-13/h11-14,16H,3-10H2,1-2H3,(H,17,18)/t11-,12-,14-/m1/s1. The van der Waals surface area contributed by atoms with Gasteiger partial charge in [0.2, 0.25) is 5.91 Å². The van der Waals surface area contributed by atoms with Crippen LogP contribution in [0.2, 0.25) is 0 Å². The van der Waals surface area contributed by atoms with E-state index >= 15 is 0 Å². The van der Waals surface area contributed by atoms with Gasteiger partial charge in [0.25, 0.3) is 0 Å². The molecule has 1 saturated heterocycles. The lowest BCUT2D eigenvalue weighted by Crippen LogP contribution is -2.43. The number of hydrogen-bond donors (Lipinski definition) is 2. The molecule has 1 aliphatic heterocycles. The van der Waals surface area contributed by atoms with Crippen molar-refractivity contribution in [3.8, 4) is 0 Å². The fourth-order valence-electron chi connectivity index (χ4n) is 3.42. The van der Waals surface area contributed by atoms with Crippen molar-refractivity contribution in [3.05, 3.63) is 0 Å². The average molecular weight is 252 g/mol. The van der Waals surface area contributed by atoms with Crippen LogP contribution in [0.4, 0.5) is 0 Å². The molecule has 18 heavy (non-hydrogen) atoms. The molecule has 3 nitrogen and oxygen atoms in total. The van der Waals surface area contributed by atoms with Gasteiger partial charge in [-0.25, -0.2) is 0 Å². The molecule has 1 aliphatic carbocycles. The fraction of sp³-hybridized carbons (Fsp3) is 0.933. The summed E-state index contributed by atoms with van der Waals surface area (Å²) in [5.74, 6) is 1.62. The van der Waals surface area contributed by atoms with E-state index in [1.807, 2.05) is 0 Å². The second-order valence-electron chi connectivity index (χ2n) is 6.29. The highest BCUT2D eigenvalue weighted by Crippen LogP contribution is 2.26. The summed E-state index contributed by atoms with van der Waals surface area (Å²) in [6.45, 7) is 6.20. The molecule has 3 heteroatoms. The molecule has 0 aromatic heterocycles. The SMILES string of the molecule is C[C@@H]1CNC[C@H]1C(=O)N[C@H](C)C1CCCCCC1. The summed E-state index contributed by atoms with van der Waals surface area (Å²) in [6.07, 6.45) is 8.01. The summed E-state index contributed by atoms with van der Waals surface area (Å²) >= 11 is 0. The molecule has 1 amide bonds. The molecule has 1 heterocycles. The summed E-state index contributed by atoms with van der Waals surface area (Å²) in [4.78, 5) is 12.2. The molecule has 2 N–H and O–H groups in total. The van der Waals surface area contributed by atoms with Crippen LogP contribution < -0.4 is 10.6 Å². The zero-order valence-electron chi connectivity index (χ0n) is 11.9. The number of carbonyl (C=O) groups is 1. The number of nitrogens with one attached hydrogen (secondary N) is 2. The van der Waals surface area contributed by atoms with E-state index in [2.05, 4.69) is 24.5 Å². The van der Waals surface area contributed by atoms with E-state index < -0.39 is 0 Å². The zero-order chi connectivity index (χ0) is 13.0. The summed E-state index contributed by atoms with van der Waals surface area (Å²) in [5.41, 5.74) is 0. The first-order valence-electron chi connectivity index (χ1n) is 7.69. The van der Waals surface area contributed by atoms with Gasteiger partial charge < -0.3 is 10.6 Å². The minimum Gasteiger partial charge on any atom is -0.353 e. The van der Waals surface area contributed by atoms with Crippen LogP contribution in [0, 0.1) is 17.8 Å². The Labute approximate surface area is 111 Å². The van der Waals surface area contributed by atoms with Crippen LogP contribution in [0.25, 0.3) is 0 Å². The first kappa shape index (κ1) is 13.9. The first-order valence-corrected chi connectivity index (χ1v) is 7.69. The van der Waals surface area contributed by atoms with Gasteiger partial charge in [0.15, 0.2) is 0 Å². The normalized spacial score (nSPS) is 31.9. The molecule has 0 aromatic carbocycles. The molecule has 104 valence electrons. The Morgan fingerprint density at radius 1 is 1.17 bits per heavy atom. The number of amides is 1. The molecule has 3 atom stereocenters. The molecule has 2 rings (SSSR count). The van der Waals surface area contributed by atoms with Gasteiger partial charge in [0.05, 0.1) is 5.92 Å². The van der Waals surface area contributed by atoms with Crippen molar-refractivity contribution >= 4 is 5.91 Å². The van der Waals surface area contributed by atoms with Crippen LogP contribution >= 0.6 is 0 Å². The van der Waals surface area contributed by atoms with E-state index in [9.17, 15) is 4.79 Å². The topological polar surface area (TPSA) is 41.1 Å². The van der Waals surface area contributed by atoms with Gasteiger partial charge in [-0.2, -0.15) is 0 Å². The Balaban J connectivity index is 1.82. The quantitative estimate of drug-likeness (QED) is 0.757. The Kier molecular flexibility index (Phi) is 5.04. The fourth-order valence-corrected chi connectivity index (χ4v) is 3.42. The minimum atomic E-state index is 0.179. The van der Waals surface area contributed by atoms with Crippen LogP contribution in [-0.2, 0) is 4.79 Å². The molecular formula is C15H28N2O. The Bertz CT molecular complexity index is 272. The highest BCUT2D eigenvalue weighted by Gasteiger charge is 2.31. The number of carbonyl (C=O) groups excluding carboxylic acids is 1. The first-order chi connectivity index (χ1) is 8.68. The predicted molar refractivity (Wildman–Crippen MR) is 74.3 cm³/mol. The van der Waals surface area contributed by atoms with Gasteiger partial charge >= 0.3 is 0 Å². The van der Waals surface area contributed by atoms with Crippen molar-refractivity contribution in [1.82, 2.24) is 10.6 Å². The van der Waals surface area contributed by atoms with Gasteiger partial charge in [-0.15, -0.1) is 0 Å². The van der Waals surface area contributed by atoms with Crippen molar-refractivity contribution in [2.45, 2.75) is 58.4 Å². The largest absolute Gasteiger partial charge is 0.353 e. The number of rotatable bonds is 3. The monoisotopic (exact) mass is 252 g/mol. The van der Waals surface area contributed by atoms with Crippen LogP contribution in [0.1, 0.15) is 52.4 Å². The third-order valence-electron chi connectivity index (χ3n) is 4.83. The van der Waals surface area contributed by atoms with Gasteiger partial charge in [-0.3, -0.25) is 4.79 Å². The Hall–Kier alpha value is -0.570. The molecule has 1 saturated carbocycles. The highest BCUT2D eigenvalue weighted by atomic mass is 16.2. The van der Waals surface area contributed by atoms with Crippen molar-refractivity contribution in [3.63, 3.8) is 0 Å². The second-order valence-corrected chi connectivity index (χ2v) is 6.29. The van der Waals surface area contributed by atoms with Crippen LogP contribution in [0.15, 0.2) is 0 Å². The zero-order valence-corrected chi connectivity index (χ0v) is 11.9. The summed E-state index contributed by atoms with van der Waals surface area (Å²) in [7, 11) is 0. The van der Waals surface area contributed by atoms with Gasteiger partial charge in [-0.05, 0) is 38.1 Å². The van der Waals surface area contributed by atoms with Gasteiger partial charge in [0, 0.05) is 12.6 Å². The van der Waals surface area contributed by atoms with E-state index in [1.54, 1.807) is 0 Å². The van der Waals surface area contributed by atoms with E-state index in [-0.39, 0.29) is 11.8 Å². The maximum Gasteiger partial charge on any atom is 0.224 e. The van der Waals surface area contributed by atoms with E-state index in [0.717, 1.165) is 13.1 Å². The lowest BCUT2D eigenvalue weighted by Gasteiger charge is -2.25. The lowest BCUT2D eigenvalue weighted by molar-refractivity contribution is -0.126. The van der Waals surface area contributed by atoms with Crippen LogP contribution in [0.3, 0.4) is 0 Å². The van der Waals surface area contributed by atoms with E-state index in [4.69, 9.17) is 0 Å². The second kappa shape index (κ2) is 6.55. The molecule has 0 spiro atoms.